The van der Waals surface area contributed by atoms with Crippen molar-refractivity contribution in [1.82, 2.24) is 25.2 Å². The summed E-state index contributed by atoms with van der Waals surface area (Å²) in [5, 5.41) is 15.5. The first-order valence-electron chi connectivity index (χ1n) is 10.1. The van der Waals surface area contributed by atoms with Crippen molar-refractivity contribution in [2.24, 2.45) is 10.4 Å². The molecule has 2 aromatic rings. The molecule has 0 saturated heterocycles. The van der Waals surface area contributed by atoms with Crippen LogP contribution in [0.25, 0.3) is 5.65 Å². The fourth-order valence-corrected chi connectivity index (χ4v) is 4.22. The summed E-state index contributed by atoms with van der Waals surface area (Å²) in [6.45, 7) is 10.7. The Balaban J connectivity index is 0.00000280. The molecule has 2 N–H and O–H groups in total. The molecule has 1 aliphatic carbocycles. The van der Waals surface area contributed by atoms with Crippen molar-refractivity contribution in [3.8, 4) is 0 Å². The van der Waals surface area contributed by atoms with Gasteiger partial charge in [0, 0.05) is 30.8 Å². The van der Waals surface area contributed by atoms with Crippen LogP contribution in [0, 0.1) is 5.41 Å². The predicted molar refractivity (Wildman–Crippen MR) is 123 cm³/mol. The summed E-state index contributed by atoms with van der Waals surface area (Å²) in [7, 11) is 0. The van der Waals surface area contributed by atoms with Gasteiger partial charge in [-0.05, 0) is 45.2 Å². The molecule has 0 amide bonds. The molecule has 2 atom stereocenters. The smallest absolute Gasteiger partial charge is 0.191 e. The topological polar surface area (TPSA) is 75.8 Å². The van der Waals surface area contributed by atoms with Gasteiger partial charge in [-0.25, -0.2) is 4.99 Å². The van der Waals surface area contributed by atoms with Crippen molar-refractivity contribution >= 4 is 35.6 Å². The van der Waals surface area contributed by atoms with Crippen molar-refractivity contribution in [1.29, 1.82) is 0 Å². The van der Waals surface area contributed by atoms with Gasteiger partial charge >= 0.3 is 0 Å². The number of rotatable bonds is 8. The Bertz CT molecular complexity index is 773. The molecule has 1 fully saturated rings. The Labute approximate surface area is 184 Å². The predicted octanol–water partition coefficient (Wildman–Crippen LogP) is 3.39. The molecular weight excluding hydrogens is 467 g/mol. The van der Waals surface area contributed by atoms with Gasteiger partial charge in [0.2, 0.25) is 0 Å². The zero-order valence-electron chi connectivity index (χ0n) is 17.3. The van der Waals surface area contributed by atoms with E-state index in [1.807, 2.05) is 28.8 Å². The fraction of sp³-hybridized carbons (Fsp3) is 0.650. The monoisotopic (exact) mass is 500 g/mol. The third-order valence-electron chi connectivity index (χ3n) is 5.89. The van der Waals surface area contributed by atoms with Crippen molar-refractivity contribution in [2.75, 3.05) is 13.2 Å². The normalized spacial score (nSPS) is 21.1. The van der Waals surface area contributed by atoms with Crippen LogP contribution in [0.2, 0.25) is 0 Å². The average molecular weight is 500 g/mol. The third kappa shape index (κ3) is 4.42. The van der Waals surface area contributed by atoms with E-state index in [0.29, 0.717) is 18.7 Å². The maximum absolute atomic E-state index is 5.99. The van der Waals surface area contributed by atoms with Crippen LogP contribution in [-0.4, -0.2) is 45.9 Å². The minimum absolute atomic E-state index is 0. The molecule has 0 spiro atoms. The Kier molecular flexibility index (Phi) is 8.48. The van der Waals surface area contributed by atoms with Crippen LogP contribution < -0.4 is 10.6 Å². The molecule has 0 bridgehead atoms. The molecule has 156 valence electrons. The molecule has 0 aliphatic heterocycles. The third-order valence-corrected chi connectivity index (χ3v) is 5.89. The van der Waals surface area contributed by atoms with Gasteiger partial charge in [0.15, 0.2) is 17.4 Å². The number of guanidine groups is 1. The molecule has 8 heteroatoms. The summed E-state index contributed by atoms with van der Waals surface area (Å²) in [4.78, 5) is 4.76. The summed E-state index contributed by atoms with van der Waals surface area (Å²) >= 11 is 0. The number of pyridine rings is 1. The van der Waals surface area contributed by atoms with Crippen LogP contribution in [0.4, 0.5) is 0 Å². The lowest BCUT2D eigenvalue weighted by atomic mass is 9.58. The van der Waals surface area contributed by atoms with Gasteiger partial charge in [-0.2, -0.15) is 0 Å². The maximum Gasteiger partial charge on any atom is 0.191 e. The highest BCUT2D eigenvalue weighted by Gasteiger charge is 2.53. The quantitative estimate of drug-likeness (QED) is 0.330. The molecule has 0 aromatic carbocycles. The van der Waals surface area contributed by atoms with Crippen LogP contribution in [0.3, 0.4) is 0 Å². The minimum atomic E-state index is 0. The van der Waals surface area contributed by atoms with Crippen molar-refractivity contribution < 1.29 is 4.74 Å². The van der Waals surface area contributed by atoms with Crippen LogP contribution in [0.1, 0.15) is 52.8 Å². The Morgan fingerprint density at radius 2 is 2.04 bits per heavy atom. The number of nitrogens with one attached hydrogen (secondary N) is 2. The number of aromatic nitrogens is 3. The molecule has 1 aliphatic rings. The minimum Gasteiger partial charge on any atom is -0.378 e. The molecule has 0 radical (unpaired) electrons. The molecule has 2 heterocycles. The summed E-state index contributed by atoms with van der Waals surface area (Å²) in [5.74, 6) is 1.66. The largest absolute Gasteiger partial charge is 0.378 e. The van der Waals surface area contributed by atoms with Gasteiger partial charge in [-0.3, -0.25) is 4.40 Å². The van der Waals surface area contributed by atoms with E-state index in [1.54, 1.807) is 0 Å². The Hall–Kier alpha value is -1.42. The van der Waals surface area contributed by atoms with Crippen LogP contribution in [-0.2, 0) is 11.3 Å². The number of ether oxygens (including phenoxy) is 1. The molecule has 2 unspecified atom stereocenters. The van der Waals surface area contributed by atoms with Gasteiger partial charge in [-0.15, -0.1) is 34.2 Å². The van der Waals surface area contributed by atoms with Gasteiger partial charge in [0.25, 0.3) is 0 Å². The summed E-state index contributed by atoms with van der Waals surface area (Å²) < 4.78 is 7.97. The van der Waals surface area contributed by atoms with Crippen LogP contribution >= 0.6 is 24.0 Å². The van der Waals surface area contributed by atoms with Crippen molar-refractivity contribution in [3.05, 3.63) is 30.2 Å². The van der Waals surface area contributed by atoms with E-state index in [2.05, 4.69) is 48.5 Å². The number of hydrogen-bond acceptors (Lipinski definition) is 4. The van der Waals surface area contributed by atoms with Gasteiger partial charge in [0.1, 0.15) is 6.54 Å². The second kappa shape index (κ2) is 10.4. The highest BCUT2D eigenvalue weighted by atomic mass is 127. The molecule has 28 heavy (non-hydrogen) atoms. The van der Waals surface area contributed by atoms with Crippen LogP contribution in [0.15, 0.2) is 29.4 Å². The SMILES string of the molecule is CCNC(=NCc1nnc2ccccn12)NC1CC(OCC)C1(CC)CC.I. The Morgan fingerprint density at radius 1 is 1.25 bits per heavy atom. The van der Waals surface area contributed by atoms with E-state index in [0.717, 1.165) is 49.8 Å². The van der Waals surface area contributed by atoms with E-state index >= 15 is 0 Å². The first-order chi connectivity index (χ1) is 13.2. The fourth-order valence-electron chi connectivity index (χ4n) is 4.22. The van der Waals surface area contributed by atoms with Crippen molar-refractivity contribution in [3.63, 3.8) is 0 Å². The van der Waals surface area contributed by atoms with E-state index in [-0.39, 0.29) is 29.4 Å². The van der Waals surface area contributed by atoms with E-state index in [1.165, 1.54) is 0 Å². The lowest BCUT2D eigenvalue weighted by Gasteiger charge is -2.55. The molecular formula is C20H33IN6O. The van der Waals surface area contributed by atoms with Gasteiger partial charge < -0.3 is 15.4 Å². The first kappa shape index (κ1) is 22.9. The number of halogens is 1. The molecule has 1 saturated carbocycles. The number of fused-ring (bicyclic) bond motifs is 1. The second-order valence-corrected chi connectivity index (χ2v) is 7.06. The van der Waals surface area contributed by atoms with Crippen molar-refractivity contribution in [2.45, 2.75) is 65.6 Å². The number of aliphatic imine (C=N–C) groups is 1. The molecule has 7 nitrogen and oxygen atoms in total. The second-order valence-electron chi connectivity index (χ2n) is 7.06. The number of hydrogen-bond donors (Lipinski definition) is 2. The lowest BCUT2D eigenvalue weighted by Crippen LogP contribution is -2.65. The van der Waals surface area contributed by atoms with Gasteiger partial charge in [0.05, 0.1) is 6.10 Å². The zero-order valence-corrected chi connectivity index (χ0v) is 19.6. The van der Waals surface area contributed by atoms with E-state index in [9.17, 15) is 0 Å². The zero-order chi connectivity index (χ0) is 19.3. The highest BCUT2D eigenvalue weighted by molar-refractivity contribution is 14.0. The van der Waals surface area contributed by atoms with Crippen LogP contribution in [0.5, 0.6) is 0 Å². The molecule has 2 aromatic heterocycles. The average Bonchev–Trinajstić information content (AvgIpc) is 3.09. The first-order valence-corrected chi connectivity index (χ1v) is 10.1. The summed E-state index contributed by atoms with van der Waals surface area (Å²) in [6, 6.07) is 6.26. The highest BCUT2D eigenvalue weighted by Crippen LogP contribution is 2.48. The maximum atomic E-state index is 5.99. The lowest BCUT2D eigenvalue weighted by molar-refractivity contribution is -0.133. The summed E-state index contributed by atoms with van der Waals surface area (Å²) in [6.07, 6.45) is 5.52. The summed E-state index contributed by atoms with van der Waals surface area (Å²) in [5.41, 5.74) is 1.02. The van der Waals surface area contributed by atoms with E-state index in [4.69, 9.17) is 9.73 Å². The molecule has 3 rings (SSSR count). The van der Waals surface area contributed by atoms with Gasteiger partial charge in [-0.1, -0.05) is 19.9 Å². The standard InChI is InChI=1S/C20H32N6O.HI/c1-5-20(6-2)15(13-16(20)27-8-4)23-19(21-7-3)22-14-18-25-24-17-11-9-10-12-26(17)18;/h9-12,15-16H,5-8,13-14H2,1-4H3,(H2,21,22,23);1H. The van der Waals surface area contributed by atoms with E-state index < -0.39 is 0 Å². The Morgan fingerprint density at radius 3 is 2.71 bits per heavy atom. The number of nitrogens with zero attached hydrogens (tertiary/aromatic N) is 4.